The van der Waals surface area contributed by atoms with Gasteiger partial charge in [0.2, 0.25) is 17.7 Å². The highest BCUT2D eigenvalue weighted by Crippen LogP contribution is 2.34. The third-order valence-corrected chi connectivity index (χ3v) is 5.67. The Balaban J connectivity index is 2.03. The second-order valence-electron chi connectivity index (χ2n) is 8.30. The van der Waals surface area contributed by atoms with Crippen LogP contribution in [0.1, 0.15) is 32.6 Å². The zero-order valence-corrected chi connectivity index (χ0v) is 20.0. The van der Waals surface area contributed by atoms with E-state index in [9.17, 15) is 37.1 Å². The number of hydrogen-bond acceptors (Lipinski definition) is 6. The Bertz CT molecular complexity index is 1050. The summed E-state index contributed by atoms with van der Waals surface area (Å²) in [5.74, 6) is -3.67. The molecule has 10 nitrogen and oxygen atoms in total. The van der Waals surface area contributed by atoms with Gasteiger partial charge in [0.05, 0.1) is 13.0 Å². The average Bonchev–Trinajstić information content (AvgIpc) is 2.82. The molecule has 2 heterocycles. The monoisotopic (exact) mass is 514 g/mol. The first-order chi connectivity index (χ1) is 16.9. The number of esters is 1. The molecule has 13 heteroatoms. The van der Waals surface area contributed by atoms with Gasteiger partial charge in [0.15, 0.2) is 0 Å². The topological polar surface area (TPSA) is 127 Å². The van der Waals surface area contributed by atoms with E-state index in [1.807, 2.05) is 0 Å². The first-order valence-electron chi connectivity index (χ1n) is 11.3. The number of aromatic nitrogens is 1. The minimum absolute atomic E-state index is 0.0585. The lowest BCUT2D eigenvalue weighted by atomic mass is 9.96. The average molecular weight is 515 g/mol. The molecule has 1 atom stereocenters. The van der Waals surface area contributed by atoms with Crippen LogP contribution in [0, 0.1) is 5.92 Å². The first kappa shape index (κ1) is 28.6. The molecule has 1 aromatic rings. The lowest BCUT2D eigenvalue weighted by Gasteiger charge is -2.33. The molecule has 0 spiro atoms. The number of halogens is 3. The van der Waals surface area contributed by atoms with Gasteiger partial charge in [0.1, 0.15) is 18.3 Å². The maximum absolute atomic E-state index is 12.8. The maximum atomic E-state index is 12.8. The number of anilines is 1. The van der Waals surface area contributed by atoms with Crippen LogP contribution < -0.4 is 16.2 Å². The highest BCUT2D eigenvalue weighted by atomic mass is 19.4. The van der Waals surface area contributed by atoms with Crippen LogP contribution in [0.4, 0.5) is 18.9 Å². The number of amides is 3. The molecule has 0 radical (unpaired) electrons. The molecule has 1 aromatic heterocycles. The van der Waals surface area contributed by atoms with Gasteiger partial charge in [-0.25, -0.2) is 4.79 Å². The number of rotatable bonds is 9. The van der Waals surface area contributed by atoms with Crippen LogP contribution in [0.25, 0.3) is 0 Å². The van der Waals surface area contributed by atoms with E-state index >= 15 is 0 Å². The summed E-state index contributed by atoms with van der Waals surface area (Å²) in [4.78, 5) is 62.0. The minimum Gasteiger partial charge on any atom is -0.466 e. The molecule has 2 rings (SSSR count). The Morgan fingerprint density at radius 2 is 1.89 bits per heavy atom. The number of piperidine rings is 1. The van der Waals surface area contributed by atoms with Crippen molar-refractivity contribution >= 4 is 29.4 Å². The van der Waals surface area contributed by atoms with Crippen molar-refractivity contribution in [1.29, 1.82) is 0 Å². The fourth-order valence-corrected chi connectivity index (χ4v) is 3.70. The third-order valence-electron chi connectivity index (χ3n) is 5.67. The molecule has 1 fully saturated rings. The molecule has 0 aliphatic carbocycles. The van der Waals surface area contributed by atoms with Crippen molar-refractivity contribution in [3.8, 4) is 0 Å². The fraction of sp³-hybridized carbons (Fsp3) is 0.522. The molecule has 3 amide bonds. The van der Waals surface area contributed by atoms with Crippen molar-refractivity contribution in [2.45, 2.75) is 51.4 Å². The zero-order chi connectivity index (χ0) is 26.9. The number of allylic oxidation sites excluding steroid dienone is 1. The van der Waals surface area contributed by atoms with E-state index in [-0.39, 0.29) is 44.5 Å². The zero-order valence-electron chi connectivity index (χ0n) is 20.0. The van der Waals surface area contributed by atoms with Gasteiger partial charge in [-0.05, 0) is 37.8 Å². The summed E-state index contributed by atoms with van der Waals surface area (Å²) in [5, 5.41) is 4.91. The summed E-state index contributed by atoms with van der Waals surface area (Å²) in [6.07, 6.45) is -0.308. The molecule has 198 valence electrons. The summed E-state index contributed by atoms with van der Waals surface area (Å²) in [6, 6.07) is 1.76. The third kappa shape index (κ3) is 8.54. The Morgan fingerprint density at radius 1 is 1.22 bits per heavy atom. The van der Waals surface area contributed by atoms with E-state index in [0.29, 0.717) is 0 Å². The molecule has 1 saturated heterocycles. The Kier molecular flexibility index (Phi) is 10.2. The lowest BCUT2D eigenvalue weighted by molar-refractivity contribution is -0.186. The minimum atomic E-state index is -4.30. The quantitative estimate of drug-likeness (QED) is 0.381. The van der Waals surface area contributed by atoms with Crippen LogP contribution in [0.5, 0.6) is 0 Å². The summed E-state index contributed by atoms with van der Waals surface area (Å²) in [6.45, 7) is 0.712. The molecule has 0 aromatic carbocycles. The molecule has 1 aliphatic rings. The van der Waals surface area contributed by atoms with Crippen molar-refractivity contribution in [3.63, 3.8) is 0 Å². The lowest BCUT2D eigenvalue weighted by Crippen LogP contribution is -2.45. The van der Waals surface area contributed by atoms with Crippen LogP contribution in [0.15, 0.2) is 35.3 Å². The van der Waals surface area contributed by atoms with Gasteiger partial charge in [0.25, 0.3) is 5.56 Å². The molecule has 0 bridgehead atoms. The number of likely N-dealkylation sites (tertiary alicyclic amines) is 1. The normalized spacial score (nSPS) is 15.4. The molecule has 2 N–H and O–H groups in total. The maximum Gasteiger partial charge on any atom is 0.391 e. The van der Waals surface area contributed by atoms with Gasteiger partial charge < -0.3 is 24.8 Å². The number of ether oxygens (including phenoxy) is 1. The highest BCUT2D eigenvalue weighted by Gasteiger charge is 2.41. The van der Waals surface area contributed by atoms with Crippen LogP contribution in [0.3, 0.4) is 0 Å². The standard InChI is InChI=1S/C23H29F3N4O6/c1-15(31)27-17(6-3-4-8-20(33)36-2)21(34)28-18-7-5-11-30(22(18)35)14-19(32)29-12-9-16(10-13-29)23(24,25)26/h4-5,7-8,11,16-17H,3,6,9-10,12-14H2,1-2H3,(H,27,31)(H,28,34)/b8-4+/t17-/m0/s1. The number of alkyl halides is 3. The van der Waals surface area contributed by atoms with Gasteiger partial charge in [-0.1, -0.05) is 6.08 Å². The molecule has 1 aliphatic heterocycles. The van der Waals surface area contributed by atoms with Crippen LogP contribution >= 0.6 is 0 Å². The highest BCUT2D eigenvalue weighted by molar-refractivity contribution is 5.96. The number of nitrogens with one attached hydrogen (secondary N) is 2. The largest absolute Gasteiger partial charge is 0.466 e. The van der Waals surface area contributed by atoms with E-state index in [1.165, 1.54) is 49.4 Å². The van der Waals surface area contributed by atoms with Crippen molar-refractivity contribution < 1.29 is 37.1 Å². The van der Waals surface area contributed by atoms with Crippen molar-refractivity contribution in [3.05, 3.63) is 40.8 Å². The van der Waals surface area contributed by atoms with Crippen LogP contribution in [0.2, 0.25) is 0 Å². The van der Waals surface area contributed by atoms with E-state index < -0.39 is 53.9 Å². The van der Waals surface area contributed by atoms with Gasteiger partial charge in [-0.15, -0.1) is 0 Å². The van der Waals surface area contributed by atoms with Crippen LogP contribution in [-0.2, 0) is 30.5 Å². The number of carbonyl (C=O) groups excluding carboxylic acids is 4. The van der Waals surface area contributed by atoms with Gasteiger partial charge in [-0.2, -0.15) is 13.2 Å². The molecule has 0 saturated carbocycles. The SMILES string of the molecule is COC(=O)/C=C/CC[C@H](NC(C)=O)C(=O)Nc1cccn(CC(=O)N2CCC(C(F)(F)F)CC2)c1=O. The molecular weight excluding hydrogens is 485 g/mol. The van der Waals surface area contributed by atoms with Gasteiger partial charge in [-0.3, -0.25) is 19.2 Å². The first-order valence-corrected chi connectivity index (χ1v) is 11.3. The second-order valence-corrected chi connectivity index (χ2v) is 8.30. The second kappa shape index (κ2) is 12.9. The summed E-state index contributed by atoms with van der Waals surface area (Å²) in [7, 11) is 1.22. The van der Waals surface area contributed by atoms with E-state index in [4.69, 9.17) is 0 Å². The van der Waals surface area contributed by atoms with Crippen molar-refractivity contribution in [1.82, 2.24) is 14.8 Å². The van der Waals surface area contributed by atoms with E-state index in [1.54, 1.807) is 0 Å². The predicted octanol–water partition coefficient (Wildman–Crippen LogP) is 1.60. The predicted molar refractivity (Wildman–Crippen MR) is 123 cm³/mol. The van der Waals surface area contributed by atoms with Gasteiger partial charge in [0, 0.05) is 32.3 Å². The Hall–Kier alpha value is -3.64. The summed E-state index contributed by atoms with van der Waals surface area (Å²) >= 11 is 0. The smallest absolute Gasteiger partial charge is 0.391 e. The van der Waals surface area contributed by atoms with Gasteiger partial charge >= 0.3 is 12.1 Å². The van der Waals surface area contributed by atoms with Crippen molar-refractivity contribution in [2.24, 2.45) is 5.92 Å². The number of carbonyl (C=O) groups is 4. The van der Waals surface area contributed by atoms with E-state index in [2.05, 4.69) is 15.4 Å². The van der Waals surface area contributed by atoms with Crippen molar-refractivity contribution in [2.75, 3.05) is 25.5 Å². The number of nitrogens with zero attached hydrogens (tertiary/aromatic N) is 2. The fourth-order valence-electron chi connectivity index (χ4n) is 3.70. The number of hydrogen-bond donors (Lipinski definition) is 2. The Labute approximate surface area is 205 Å². The van der Waals surface area contributed by atoms with Crippen LogP contribution in [-0.4, -0.2) is 65.6 Å². The molecular formula is C23H29F3N4O6. The molecule has 0 unspecified atom stereocenters. The molecule has 36 heavy (non-hydrogen) atoms. The summed E-state index contributed by atoms with van der Waals surface area (Å²) in [5.41, 5.74) is -0.817. The summed E-state index contributed by atoms with van der Waals surface area (Å²) < 4.78 is 44.1. The number of pyridine rings is 1. The number of methoxy groups -OCH3 is 1. The Morgan fingerprint density at radius 3 is 2.47 bits per heavy atom. The van der Waals surface area contributed by atoms with E-state index in [0.717, 1.165) is 4.57 Å².